The van der Waals surface area contributed by atoms with Gasteiger partial charge in [0.25, 0.3) is 5.56 Å². The fraction of sp³-hybridized carbons (Fsp3) is 0.429. The molecule has 1 aliphatic heterocycles. The molecule has 2 aromatic heterocycles. The van der Waals surface area contributed by atoms with Crippen LogP contribution in [0.25, 0.3) is 11.0 Å². The van der Waals surface area contributed by atoms with Crippen LogP contribution in [0.4, 0.5) is 0 Å². The first-order valence-electron chi connectivity index (χ1n) is 9.40. The zero-order valence-electron chi connectivity index (χ0n) is 15.8. The third kappa shape index (κ3) is 3.68. The van der Waals surface area contributed by atoms with Crippen LogP contribution in [0.1, 0.15) is 29.9 Å². The van der Waals surface area contributed by atoms with E-state index in [4.69, 9.17) is 4.42 Å². The van der Waals surface area contributed by atoms with Gasteiger partial charge in [-0.25, -0.2) is 4.68 Å². The molecule has 27 heavy (non-hydrogen) atoms. The van der Waals surface area contributed by atoms with E-state index < -0.39 is 5.60 Å². The number of benzene rings is 1. The molecule has 1 aromatic carbocycles. The molecule has 6 nitrogen and oxygen atoms in total. The van der Waals surface area contributed by atoms with E-state index in [9.17, 15) is 9.90 Å². The van der Waals surface area contributed by atoms with Crippen LogP contribution in [0.5, 0.6) is 0 Å². The minimum Gasteiger partial charge on any atom is -0.461 e. The highest BCUT2D eigenvalue weighted by atomic mass is 16.3. The number of rotatable bonds is 4. The monoisotopic (exact) mass is 367 g/mol. The van der Waals surface area contributed by atoms with Gasteiger partial charge in [-0.15, -0.1) is 0 Å². The molecule has 0 saturated carbocycles. The second kappa shape index (κ2) is 6.94. The number of furan rings is 1. The van der Waals surface area contributed by atoms with Crippen LogP contribution in [0.2, 0.25) is 0 Å². The third-order valence-electron chi connectivity index (χ3n) is 5.51. The quantitative estimate of drug-likeness (QED) is 0.768. The first-order chi connectivity index (χ1) is 12.9. The van der Waals surface area contributed by atoms with Gasteiger partial charge in [0.05, 0.1) is 17.8 Å². The van der Waals surface area contributed by atoms with Crippen LogP contribution in [-0.4, -0.2) is 38.5 Å². The van der Waals surface area contributed by atoms with Crippen molar-refractivity contribution in [1.82, 2.24) is 14.7 Å². The number of likely N-dealkylation sites (tertiary alicyclic amines) is 1. The predicted molar refractivity (Wildman–Crippen MR) is 104 cm³/mol. The number of hydrogen-bond donors (Lipinski definition) is 1. The van der Waals surface area contributed by atoms with Crippen molar-refractivity contribution >= 4 is 11.0 Å². The maximum absolute atomic E-state index is 12.0. The lowest BCUT2D eigenvalue weighted by Crippen LogP contribution is -2.48. The standard InChI is InChI=1S/C21H25N3O3/c1-15-7-8-20(25)24(22-15)14-21(26)9-11-23(12-10-21)13-18-16(2)27-19-6-4-3-5-17(18)19/h3-8,26H,9-14H2,1-2H3. The maximum Gasteiger partial charge on any atom is 0.266 e. The lowest BCUT2D eigenvalue weighted by molar-refractivity contribution is -0.0390. The molecule has 0 aliphatic carbocycles. The number of nitrogens with zero attached hydrogens (tertiary/aromatic N) is 3. The van der Waals surface area contributed by atoms with Crippen LogP contribution < -0.4 is 5.56 Å². The van der Waals surface area contributed by atoms with Gasteiger partial charge in [-0.2, -0.15) is 5.10 Å². The van der Waals surface area contributed by atoms with Gasteiger partial charge in [0.2, 0.25) is 0 Å². The minimum atomic E-state index is -0.894. The first kappa shape index (κ1) is 17.9. The zero-order chi connectivity index (χ0) is 19.0. The predicted octanol–water partition coefficient (Wildman–Crippen LogP) is 2.63. The zero-order valence-corrected chi connectivity index (χ0v) is 15.8. The van der Waals surface area contributed by atoms with E-state index in [-0.39, 0.29) is 12.1 Å². The SMILES string of the molecule is Cc1ccc(=O)n(CC2(O)CCN(Cc3c(C)oc4ccccc34)CC2)n1. The summed E-state index contributed by atoms with van der Waals surface area (Å²) < 4.78 is 7.25. The Bertz CT molecular complexity index is 1010. The average molecular weight is 367 g/mol. The number of aliphatic hydroxyl groups is 1. The summed E-state index contributed by atoms with van der Waals surface area (Å²) in [5.74, 6) is 0.951. The largest absolute Gasteiger partial charge is 0.461 e. The highest BCUT2D eigenvalue weighted by Gasteiger charge is 2.33. The highest BCUT2D eigenvalue weighted by molar-refractivity contribution is 5.82. The second-order valence-corrected chi connectivity index (χ2v) is 7.60. The summed E-state index contributed by atoms with van der Waals surface area (Å²) >= 11 is 0. The van der Waals surface area contributed by atoms with Gasteiger partial charge in [-0.1, -0.05) is 18.2 Å². The number of hydrogen-bond acceptors (Lipinski definition) is 5. The lowest BCUT2D eigenvalue weighted by Gasteiger charge is -2.38. The van der Waals surface area contributed by atoms with Crippen molar-refractivity contribution in [3.63, 3.8) is 0 Å². The molecule has 0 spiro atoms. The van der Waals surface area contributed by atoms with Crippen LogP contribution in [-0.2, 0) is 13.1 Å². The second-order valence-electron chi connectivity index (χ2n) is 7.60. The summed E-state index contributed by atoms with van der Waals surface area (Å²) in [6, 6.07) is 11.3. The summed E-state index contributed by atoms with van der Waals surface area (Å²) in [7, 11) is 0. The molecule has 3 aromatic rings. The molecule has 4 rings (SSSR count). The van der Waals surface area contributed by atoms with Gasteiger partial charge < -0.3 is 9.52 Å². The molecule has 1 aliphatic rings. The van der Waals surface area contributed by atoms with Crippen molar-refractivity contribution in [2.24, 2.45) is 0 Å². The van der Waals surface area contributed by atoms with E-state index in [1.54, 1.807) is 6.07 Å². The molecule has 1 N–H and O–H groups in total. The molecule has 1 saturated heterocycles. The Morgan fingerprint density at radius 2 is 1.89 bits per heavy atom. The summed E-state index contributed by atoms with van der Waals surface area (Å²) in [6.07, 6.45) is 1.23. The Morgan fingerprint density at radius 1 is 1.15 bits per heavy atom. The number of piperidine rings is 1. The molecule has 3 heterocycles. The Hall–Kier alpha value is -2.44. The van der Waals surface area contributed by atoms with Crippen molar-refractivity contribution in [2.75, 3.05) is 13.1 Å². The Kier molecular flexibility index (Phi) is 4.61. The number of para-hydroxylation sites is 1. The molecular formula is C21H25N3O3. The maximum atomic E-state index is 12.0. The molecule has 0 atom stereocenters. The molecule has 6 heteroatoms. The van der Waals surface area contributed by atoms with Gasteiger partial charge in [-0.3, -0.25) is 9.69 Å². The lowest BCUT2D eigenvalue weighted by atomic mass is 9.91. The van der Waals surface area contributed by atoms with Gasteiger partial charge in [0.15, 0.2) is 0 Å². The van der Waals surface area contributed by atoms with E-state index in [0.29, 0.717) is 12.8 Å². The van der Waals surface area contributed by atoms with E-state index in [2.05, 4.69) is 16.1 Å². The summed E-state index contributed by atoms with van der Waals surface area (Å²) in [4.78, 5) is 14.3. The van der Waals surface area contributed by atoms with Crippen LogP contribution in [0.3, 0.4) is 0 Å². The highest BCUT2D eigenvalue weighted by Crippen LogP contribution is 2.29. The summed E-state index contributed by atoms with van der Waals surface area (Å²) in [5, 5.41) is 16.4. The van der Waals surface area contributed by atoms with Gasteiger partial charge >= 0.3 is 0 Å². The fourth-order valence-corrected chi connectivity index (χ4v) is 3.87. The molecule has 0 radical (unpaired) electrons. The Labute approximate surface area is 158 Å². The van der Waals surface area contributed by atoms with E-state index in [1.807, 2.05) is 32.0 Å². The van der Waals surface area contributed by atoms with Crippen molar-refractivity contribution < 1.29 is 9.52 Å². The van der Waals surface area contributed by atoms with Crippen molar-refractivity contribution in [1.29, 1.82) is 0 Å². The molecule has 0 bridgehead atoms. The Balaban J connectivity index is 1.44. The minimum absolute atomic E-state index is 0.169. The molecule has 0 amide bonds. The van der Waals surface area contributed by atoms with Crippen molar-refractivity contribution in [3.8, 4) is 0 Å². The fourth-order valence-electron chi connectivity index (χ4n) is 3.87. The topological polar surface area (TPSA) is 71.5 Å². The van der Waals surface area contributed by atoms with Gasteiger partial charge in [0.1, 0.15) is 11.3 Å². The van der Waals surface area contributed by atoms with Crippen LogP contribution in [0, 0.1) is 13.8 Å². The average Bonchev–Trinajstić information content (AvgIpc) is 2.96. The third-order valence-corrected chi connectivity index (χ3v) is 5.51. The van der Waals surface area contributed by atoms with Crippen molar-refractivity contribution in [2.45, 2.75) is 45.4 Å². The number of aromatic nitrogens is 2. The van der Waals surface area contributed by atoms with E-state index in [1.165, 1.54) is 16.3 Å². The molecular weight excluding hydrogens is 342 g/mol. The molecule has 1 fully saturated rings. The smallest absolute Gasteiger partial charge is 0.266 e. The number of fused-ring (bicyclic) bond motifs is 1. The normalized spacial score (nSPS) is 17.4. The van der Waals surface area contributed by atoms with Crippen molar-refractivity contribution in [3.05, 3.63) is 63.8 Å². The molecule has 142 valence electrons. The van der Waals surface area contributed by atoms with Gasteiger partial charge in [0, 0.05) is 36.7 Å². The van der Waals surface area contributed by atoms with Gasteiger partial charge in [-0.05, 0) is 38.8 Å². The first-order valence-corrected chi connectivity index (χ1v) is 9.40. The van der Waals surface area contributed by atoms with Crippen LogP contribution >= 0.6 is 0 Å². The number of aryl methyl sites for hydroxylation is 2. The summed E-state index contributed by atoms with van der Waals surface area (Å²) in [6.45, 7) is 6.45. The van der Waals surface area contributed by atoms with E-state index >= 15 is 0 Å². The Morgan fingerprint density at radius 3 is 2.67 bits per heavy atom. The summed E-state index contributed by atoms with van der Waals surface area (Å²) in [5.41, 5.74) is 1.85. The van der Waals surface area contributed by atoms with E-state index in [0.717, 1.165) is 42.1 Å². The molecule has 0 unspecified atom stereocenters. The van der Waals surface area contributed by atoms with Crippen LogP contribution in [0.15, 0.2) is 45.6 Å².